The fraction of sp³-hybridized carbons (Fsp3) is 0. The smallest absolute Gasteiger partial charge is 0.313 e. The van der Waals surface area contributed by atoms with Gasteiger partial charge in [0.1, 0.15) is 11.5 Å². The topological polar surface area (TPSA) is 128 Å². The van der Waals surface area contributed by atoms with Crippen molar-refractivity contribution in [1.82, 2.24) is 9.97 Å². The molecule has 20 heavy (non-hydrogen) atoms. The Hall–Kier alpha value is -2.74. The van der Waals surface area contributed by atoms with Crippen LogP contribution in [0.1, 0.15) is 5.69 Å². The van der Waals surface area contributed by atoms with Gasteiger partial charge in [0.2, 0.25) is 11.6 Å². The number of ether oxygens (including phenoxy) is 1. The third-order valence-electron chi connectivity index (χ3n) is 2.24. The third-order valence-corrected chi connectivity index (χ3v) is 2.47. The van der Waals surface area contributed by atoms with Crippen LogP contribution in [0.25, 0.3) is 0 Å². The zero-order valence-corrected chi connectivity index (χ0v) is 10.7. The Morgan fingerprint density at radius 2 is 2.15 bits per heavy atom. The molecule has 0 aliphatic rings. The summed E-state index contributed by atoms with van der Waals surface area (Å²) in [5, 5.41) is 18.3. The Balaban J connectivity index is 2.30. The fourth-order valence-electron chi connectivity index (χ4n) is 1.34. The molecule has 0 radical (unpaired) electrons. The lowest BCUT2D eigenvalue weighted by atomic mass is 10.3. The molecule has 0 saturated heterocycles. The van der Waals surface area contributed by atoms with Crippen molar-refractivity contribution in [3.8, 4) is 11.6 Å². The van der Waals surface area contributed by atoms with E-state index in [-0.39, 0.29) is 33.9 Å². The van der Waals surface area contributed by atoms with Crippen molar-refractivity contribution in [3.05, 3.63) is 51.4 Å². The van der Waals surface area contributed by atoms with E-state index < -0.39 is 4.92 Å². The largest absolute Gasteiger partial charge is 0.430 e. The molecular weight excluding hydrogens is 286 g/mol. The first-order chi connectivity index (χ1) is 9.47. The Labute approximate surface area is 117 Å². The molecule has 1 aromatic heterocycles. The van der Waals surface area contributed by atoms with Gasteiger partial charge in [-0.25, -0.2) is 9.97 Å². The van der Waals surface area contributed by atoms with Gasteiger partial charge in [-0.05, 0) is 12.1 Å². The van der Waals surface area contributed by atoms with Crippen LogP contribution in [0, 0.1) is 15.5 Å². The van der Waals surface area contributed by atoms with Gasteiger partial charge < -0.3 is 10.5 Å². The molecule has 0 spiro atoms. The SMILES string of the molecule is N=C(N)c1cnc(Oc2ccc(Cl)cc2[N+](=O)[O-])cn1. The molecule has 0 atom stereocenters. The molecule has 0 aliphatic carbocycles. The summed E-state index contributed by atoms with van der Waals surface area (Å²) in [7, 11) is 0. The van der Waals surface area contributed by atoms with Crippen molar-refractivity contribution in [2.45, 2.75) is 0 Å². The number of benzene rings is 1. The van der Waals surface area contributed by atoms with Crippen LogP contribution in [-0.4, -0.2) is 20.7 Å². The summed E-state index contributed by atoms with van der Waals surface area (Å²) >= 11 is 5.69. The van der Waals surface area contributed by atoms with Gasteiger partial charge in [-0.3, -0.25) is 15.5 Å². The molecule has 0 fully saturated rings. The average molecular weight is 294 g/mol. The third kappa shape index (κ3) is 2.98. The van der Waals surface area contributed by atoms with Crippen LogP contribution >= 0.6 is 11.6 Å². The molecule has 1 heterocycles. The van der Waals surface area contributed by atoms with Crippen LogP contribution in [-0.2, 0) is 0 Å². The number of nitrogens with one attached hydrogen (secondary N) is 1. The van der Waals surface area contributed by atoms with E-state index in [4.69, 9.17) is 27.5 Å². The Morgan fingerprint density at radius 3 is 2.70 bits per heavy atom. The second-order valence-electron chi connectivity index (χ2n) is 3.62. The second kappa shape index (κ2) is 5.49. The molecule has 1 aromatic carbocycles. The summed E-state index contributed by atoms with van der Waals surface area (Å²) in [5.74, 6) is -0.203. The maximum Gasteiger partial charge on any atom is 0.313 e. The fourth-order valence-corrected chi connectivity index (χ4v) is 1.51. The van der Waals surface area contributed by atoms with Crippen LogP contribution in [0.4, 0.5) is 5.69 Å². The second-order valence-corrected chi connectivity index (χ2v) is 4.06. The van der Waals surface area contributed by atoms with Gasteiger partial charge in [-0.1, -0.05) is 11.6 Å². The molecule has 0 bridgehead atoms. The van der Waals surface area contributed by atoms with Crippen LogP contribution in [0.2, 0.25) is 5.02 Å². The zero-order chi connectivity index (χ0) is 14.7. The normalized spacial score (nSPS) is 10.1. The van der Waals surface area contributed by atoms with Gasteiger partial charge >= 0.3 is 5.69 Å². The van der Waals surface area contributed by atoms with E-state index >= 15 is 0 Å². The minimum atomic E-state index is -0.613. The monoisotopic (exact) mass is 293 g/mol. The number of nitrogen functional groups attached to an aromatic ring is 1. The number of nitro groups is 1. The lowest BCUT2D eigenvalue weighted by Crippen LogP contribution is -2.13. The number of hydrogen-bond donors (Lipinski definition) is 2. The van der Waals surface area contributed by atoms with E-state index in [2.05, 4.69) is 9.97 Å². The maximum atomic E-state index is 10.9. The number of amidine groups is 1. The minimum Gasteiger partial charge on any atom is -0.430 e. The van der Waals surface area contributed by atoms with Crippen molar-refractivity contribution in [3.63, 3.8) is 0 Å². The molecule has 102 valence electrons. The van der Waals surface area contributed by atoms with E-state index in [0.717, 1.165) is 0 Å². The van der Waals surface area contributed by atoms with Gasteiger partial charge in [0.05, 0.1) is 17.3 Å². The van der Waals surface area contributed by atoms with Crippen molar-refractivity contribution < 1.29 is 9.66 Å². The van der Waals surface area contributed by atoms with E-state index in [1.165, 1.54) is 30.6 Å². The minimum absolute atomic E-state index is 0.00993. The van der Waals surface area contributed by atoms with Crippen LogP contribution < -0.4 is 10.5 Å². The number of halogens is 1. The summed E-state index contributed by atoms with van der Waals surface area (Å²) < 4.78 is 5.28. The molecule has 9 heteroatoms. The standard InChI is InChI=1S/C11H8ClN5O3/c12-6-1-2-9(8(3-6)17(18)19)20-10-5-15-7(4-16-10)11(13)14/h1-5H,(H3,13,14). The summed E-state index contributed by atoms with van der Waals surface area (Å²) in [6, 6.07) is 4.00. The highest BCUT2D eigenvalue weighted by molar-refractivity contribution is 6.30. The number of nitro benzene ring substituents is 1. The molecule has 2 rings (SSSR count). The van der Waals surface area contributed by atoms with Crippen molar-refractivity contribution in [1.29, 1.82) is 5.41 Å². The summed E-state index contributed by atoms with van der Waals surface area (Å²) in [6.45, 7) is 0. The predicted molar refractivity (Wildman–Crippen MR) is 71.2 cm³/mol. The molecule has 0 unspecified atom stereocenters. The predicted octanol–water partition coefficient (Wildman–Crippen LogP) is 2.11. The Kier molecular flexibility index (Phi) is 3.76. The lowest BCUT2D eigenvalue weighted by Gasteiger charge is -2.05. The van der Waals surface area contributed by atoms with E-state index in [1.807, 2.05) is 0 Å². The number of aromatic nitrogens is 2. The first-order valence-corrected chi connectivity index (χ1v) is 5.63. The first kappa shape index (κ1) is 13.7. The molecule has 0 amide bonds. The molecule has 0 saturated carbocycles. The average Bonchev–Trinajstić information content (AvgIpc) is 2.41. The highest BCUT2D eigenvalue weighted by Crippen LogP contribution is 2.32. The molecule has 2 aromatic rings. The molecule has 3 N–H and O–H groups in total. The van der Waals surface area contributed by atoms with Gasteiger partial charge in [0.15, 0.2) is 0 Å². The number of rotatable bonds is 4. The Morgan fingerprint density at radius 1 is 1.40 bits per heavy atom. The zero-order valence-electron chi connectivity index (χ0n) is 9.91. The quantitative estimate of drug-likeness (QED) is 0.384. The molecule has 0 aliphatic heterocycles. The lowest BCUT2D eigenvalue weighted by molar-refractivity contribution is -0.385. The number of hydrogen-bond acceptors (Lipinski definition) is 6. The van der Waals surface area contributed by atoms with E-state index in [1.54, 1.807) is 0 Å². The highest BCUT2D eigenvalue weighted by atomic mass is 35.5. The van der Waals surface area contributed by atoms with Crippen LogP contribution in [0.15, 0.2) is 30.6 Å². The van der Waals surface area contributed by atoms with Crippen molar-refractivity contribution >= 4 is 23.1 Å². The molecule has 8 nitrogen and oxygen atoms in total. The molecular formula is C11H8ClN5O3. The first-order valence-electron chi connectivity index (χ1n) is 5.25. The number of nitrogens with zero attached hydrogens (tertiary/aromatic N) is 3. The van der Waals surface area contributed by atoms with Crippen molar-refractivity contribution in [2.75, 3.05) is 0 Å². The van der Waals surface area contributed by atoms with Crippen LogP contribution in [0.5, 0.6) is 11.6 Å². The summed E-state index contributed by atoms with van der Waals surface area (Å²) in [5.41, 5.74) is 5.13. The highest BCUT2D eigenvalue weighted by Gasteiger charge is 2.17. The van der Waals surface area contributed by atoms with E-state index in [9.17, 15) is 10.1 Å². The number of nitrogens with two attached hydrogens (primary N) is 1. The van der Waals surface area contributed by atoms with Gasteiger partial charge in [-0.2, -0.15) is 0 Å². The summed E-state index contributed by atoms with van der Waals surface area (Å²) in [4.78, 5) is 18.0. The summed E-state index contributed by atoms with van der Waals surface area (Å²) in [6.07, 6.45) is 2.45. The van der Waals surface area contributed by atoms with Gasteiger partial charge in [-0.15, -0.1) is 0 Å². The Bertz CT molecular complexity index is 674. The maximum absolute atomic E-state index is 10.9. The van der Waals surface area contributed by atoms with Gasteiger partial charge in [0.25, 0.3) is 0 Å². The van der Waals surface area contributed by atoms with Gasteiger partial charge in [0, 0.05) is 11.1 Å². The van der Waals surface area contributed by atoms with Crippen LogP contribution in [0.3, 0.4) is 0 Å². The van der Waals surface area contributed by atoms with E-state index in [0.29, 0.717) is 0 Å². The van der Waals surface area contributed by atoms with Crippen molar-refractivity contribution in [2.24, 2.45) is 5.73 Å².